The van der Waals surface area contributed by atoms with E-state index in [9.17, 15) is 18.0 Å². The van der Waals surface area contributed by atoms with Crippen molar-refractivity contribution in [1.82, 2.24) is 19.6 Å². The minimum Gasteiger partial charge on any atom is -0.374 e. The second kappa shape index (κ2) is 8.77. The first-order chi connectivity index (χ1) is 15.1. The minimum absolute atomic E-state index is 0.259. The number of anilines is 1. The van der Waals surface area contributed by atoms with E-state index >= 15 is 0 Å². The van der Waals surface area contributed by atoms with Gasteiger partial charge in [0.2, 0.25) is 0 Å². The van der Waals surface area contributed by atoms with Crippen molar-refractivity contribution in [1.29, 1.82) is 0 Å². The lowest BCUT2D eigenvalue weighted by atomic mass is 9.98. The number of carbonyl (C=O) groups excluding carboxylic acids is 1. The summed E-state index contributed by atoms with van der Waals surface area (Å²) in [5.41, 5.74) is 5.64. The van der Waals surface area contributed by atoms with E-state index in [4.69, 9.17) is 0 Å². The quantitative estimate of drug-likeness (QED) is 0.701. The van der Waals surface area contributed by atoms with E-state index in [2.05, 4.69) is 40.1 Å². The number of rotatable bonds is 5. The third kappa shape index (κ3) is 4.77. The molecule has 0 bridgehead atoms. The maximum Gasteiger partial charge on any atom is 0.390 e. The Morgan fingerprint density at radius 3 is 2.69 bits per heavy atom. The number of amides is 1. The number of benzene rings is 1. The highest BCUT2D eigenvalue weighted by Crippen LogP contribution is 2.30. The molecule has 0 fully saturated rings. The van der Waals surface area contributed by atoms with Gasteiger partial charge in [0.05, 0.1) is 6.42 Å². The SMILES string of the molecule is CN(C)C(=O)c1nn(CCC(F)(F)F)c2c1CN(Cc1ccc3c(c1)CCCN3C)CC2. The van der Waals surface area contributed by atoms with Gasteiger partial charge in [0.25, 0.3) is 5.91 Å². The van der Waals surface area contributed by atoms with Crippen molar-refractivity contribution in [2.75, 3.05) is 39.1 Å². The second-order valence-corrected chi connectivity index (χ2v) is 9.01. The van der Waals surface area contributed by atoms with Crippen LogP contribution in [0.1, 0.15) is 45.7 Å². The van der Waals surface area contributed by atoms with Gasteiger partial charge in [-0.25, -0.2) is 0 Å². The maximum absolute atomic E-state index is 12.8. The number of nitrogens with zero attached hydrogens (tertiary/aromatic N) is 5. The van der Waals surface area contributed by atoms with Gasteiger partial charge in [-0.15, -0.1) is 0 Å². The molecule has 0 unspecified atom stereocenters. The molecule has 0 radical (unpaired) electrons. The molecule has 4 rings (SSSR count). The lowest BCUT2D eigenvalue weighted by Gasteiger charge is -2.30. The molecule has 1 aromatic heterocycles. The molecule has 0 spiro atoms. The van der Waals surface area contributed by atoms with Crippen LogP contribution in [0.25, 0.3) is 0 Å². The van der Waals surface area contributed by atoms with Crippen molar-refractivity contribution in [3.8, 4) is 0 Å². The van der Waals surface area contributed by atoms with Crippen LogP contribution in [0, 0.1) is 0 Å². The first-order valence-corrected chi connectivity index (χ1v) is 11.0. The molecule has 1 amide bonds. The summed E-state index contributed by atoms with van der Waals surface area (Å²) in [6.07, 6.45) is -2.41. The Hall–Kier alpha value is -2.55. The highest BCUT2D eigenvalue weighted by atomic mass is 19.4. The standard InChI is InChI=1S/C23H30F3N5O/c1-28(2)22(32)21-18-15-30(11-8-20(18)31(27-21)12-9-23(24,25)26)14-16-6-7-19-17(13-16)5-4-10-29(19)3/h6-7,13H,4-5,8-12,14-15H2,1-3H3. The Kier molecular flexibility index (Phi) is 6.20. The smallest absolute Gasteiger partial charge is 0.374 e. The van der Waals surface area contributed by atoms with Crippen molar-refractivity contribution < 1.29 is 18.0 Å². The molecule has 2 aliphatic rings. The number of carbonyl (C=O) groups is 1. The zero-order chi connectivity index (χ0) is 23.0. The molecule has 9 heteroatoms. The molecule has 0 saturated heterocycles. The van der Waals surface area contributed by atoms with Crippen LogP contribution in [-0.4, -0.2) is 65.9 Å². The number of fused-ring (bicyclic) bond motifs is 2. The van der Waals surface area contributed by atoms with Crippen LogP contribution >= 0.6 is 0 Å². The summed E-state index contributed by atoms with van der Waals surface area (Å²) in [5.74, 6) is -0.273. The van der Waals surface area contributed by atoms with Gasteiger partial charge in [0.1, 0.15) is 0 Å². The van der Waals surface area contributed by atoms with Gasteiger partial charge in [-0.3, -0.25) is 14.4 Å². The van der Waals surface area contributed by atoms with Crippen LogP contribution in [0.5, 0.6) is 0 Å². The molecular formula is C23H30F3N5O. The molecule has 2 aromatic rings. The van der Waals surface area contributed by atoms with E-state index in [0.717, 1.165) is 43.7 Å². The molecule has 0 saturated carbocycles. The summed E-state index contributed by atoms with van der Waals surface area (Å²) < 4.78 is 39.8. The fourth-order valence-electron chi connectivity index (χ4n) is 4.68. The minimum atomic E-state index is -4.26. The van der Waals surface area contributed by atoms with Gasteiger partial charge >= 0.3 is 6.18 Å². The number of alkyl halides is 3. The Labute approximate surface area is 186 Å². The van der Waals surface area contributed by atoms with Crippen molar-refractivity contribution in [3.63, 3.8) is 0 Å². The van der Waals surface area contributed by atoms with E-state index in [-0.39, 0.29) is 18.1 Å². The predicted molar refractivity (Wildman–Crippen MR) is 117 cm³/mol. The normalized spacial score (nSPS) is 16.6. The largest absolute Gasteiger partial charge is 0.390 e. The van der Waals surface area contributed by atoms with Gasteiger partial charge in [-0.1, -0.05) is 12.1 Å². The van der Waals surface area contributed by atoms with Crippen LogP contribution in [-0.2, 0) is 32.5 Å². The van der Waals surface area contributed by atoms with Crippen LogP contribution < -0.4 is 4.90 Å². The number of aromatic nitrogens is 2. The number of hydrogen-bond donors (Lipinski definition) is 0. The summed E-state index contributed by atoms with van der Waals surface area (Å²) in [6, 6.07) is 6.59. The lowest BCUT2D eigenvalue weighted by molar-refractivity contribution is -0.137. The third-order valence-corrected chi connectivity index (χ3v) is 6.33. The van der Waals surface area contributed by atoms with Crippen LogP contribution in [0.15, 0.2) is 18.2 Å². The molecule has 0 aliphatic carbocycles. The molecule has 0 N–H and O–H groups in total. The highest BCUT2D eigenvalue weighted by molar-refractivity contribution is 5.93. The molecule has 3 heterocycles. The summed E-state index contributed by atoms with van der Waals surface area (Å²) in [5, 5.41) is 4.32. The summed E-state index contributed by atoms with van der Waals surface area (Å²) >= 11 is 0. The Morgan fingerprint density at radius 2 is 1.97 bits per heavy atom. The van der Waals surface area contributed by atoms with Crippen molar-refractivity contribution in [2.45, 2.75) is 51.5 Å². The molecule has 2 aliphatic heterocycles. The molecule has 32 heavy (non-hydrogen) atoms. The predicted octanol–water partition coefficient (Wildman–Crippen LogP) is 3.48. The van der Waals surface area contributed by atoms with E-state index in [1.165, 1.54) is 26.4 Å². The van der Waals surface area contributed by atoms with E-state index in [0.29, 0.717) is 13.0 Å². The number of hydrogen-bond acceptors (Lipinski definition) is 4. The summed E-state index contributed by atoms with van der Waals surface area (Å²) in [6.45, 7) is 2.78. The topological polar surface area (TPSA) is 44.6 Å². The molecule has 6 nitrogen and oxygen atoms in total. The Balaban J connectivity index is 1.55. The zero-order valence-corrected chi connectivity index (χ0v) is 18.9. The van der Waals surface area contributed by atoms with Gasteiger partial charge in [0, 0.05) is 77.2 Å². The maximum atomic E-state index is 12.8. The molecular weight excluding hydrogens is 419 g/mol. The fourth-order valence-corrected chi connectivity index (χ4v) is 4.68. The fraction of sp³-hybridized carbons (Fsp3) is 0.565. The van der Waals surface area contributed by atoms with E-state index < -0.39 is 12.6 Å². The lowest BCUT2D eigenvalue weighted by Crippen LogP contribution is -2.32. The number of aryl methyl sites for hydroxylation is 2. The van der Waals surface area contributed by atoms with Crippen LogP contribution in [0.3, 0.4) is 0 Å². The van der Waals surface area contributed by atoms with Crippen LogP contribution in [0.4, 0.5) is 18.9 Å². The van der Waals surface area contributed by atoms with E-state index in [1.807, 2.05) is 0 Å². The first kappa shape index (κ1) is 22.6. The number of halogens is 3. The monoisotopic (exact) mass is 449 g/mol. The van der Waals surface area contributed by atoms with Crippen molar-refractivity contribution in [2.24, 2.45) is 0 Å². The highest BCUT2D eigenvalue weighted by Gasteiger charge is 2.32. The summed E-state index contributed by atoms with van der Waals surface area (Å²) in [4.78, 5) is 18.6. The Bertz CT molecular complexity index is 998. The van der Waals surface area contributed by atoms with E-state index in [1.54, 1.807) is 14.1 Å². The molecule has 0 atom stereocenters. The average Bonchev–Trinajstić information content (AvgIpc) is 3.09. The first-order valence-electron chi connectivity index (χ1n) is 11.0. The second-order valence-electron chi connectivity index (χ2n) is 9.01. The van der Waals surface area contributed by atoms with Crippen LogP contribution in [0.2, 0.25) is 0 Å². The van der Waals surface area contributed by atoms with Gasteiger partial charge in [-0.2, -0.15) is 18.3 Å². The molecule has 174 valence electrons. The van der Waals surface area contributed by atoms with Gasteiger partial charge < -0.3 is 9.80 Å². The van der Waals surface area contributed by atoms with Crippen molar-refractivity contribution >= 4 is 11.6 Å². The molecule has 1 aromatic carbocycles. The third-order valence-electron chi connectivity index (χ3n) is 6.33. The zero-order valence-electron chi connectivity index (χ0n) is 18.9. The van der Waals surface area contributed by atoms with Gasteiger partial charge in [-0.05, 0) is 30.0 Å². The summed E-state index contributed by atoms with van der Waals surface area (Å²) in [7, 11) is 5.38. The van der Waals surface area contributed by atoms with Crippen molar-refractivity contribution in [3.05, 3.63) is 46.3 Å². The average molecular weight is 450 g/mol. The Morgan fingerprint density at radius 1 is 1.19 bits per heavy atom. The van der Waals surface area contributed by atoms with Gasteiger partial charge in [0.15, 0.2) is 5.69 Å².